The van der Waals surface area contributed by atoms with Crippen LogP contribution >= 0.6 is 15.9 Å². The molecule has 0 spiro atoms. The summed E-state index contributed by atoms with van der Waals surface area (Å²) in [4.78, 5) is 8.65. The molecule has 0 atom stereocenters. The zero-order valence-corrected chi connectivity index (χ0v) is 12.0. The Labute approximate surface area is 123 Å². The monoisotopic (exact) mass is 327 g/mol. The number of nitrogen functional groups attached to an aromatic ring is 1. The highest BCUT2D eigenvalue weighted by molar-refractivity contribution is 9.10. The van der Waals surface area contributed by atoms with Crippen LogP contribution < -0.4 is 5.73 Å². The second-order valence-corrected chi connectivity index (χ2v) is 5.28. The number of anilines is 1. The average molecular weight is 328 g/mol. The van der Waals surface area contributed by atoms with Gasteiger partial charge in [0.1, 0.15) is 5.52 Å². The summed E-state index contributed by atoms with van der Waals surface area (Å²) in [5, 5.41) is 8.80. The van der Waals surface area contributed by atoms with Crippen molar-refractivity contribution in [1.29, 1.82) is 5.26 Å². The van der Waals surface area contributed by atoms with Crippen LogP contribution in [-0.4, -0.2) is 14.5 Å². The predicted octanol–water partition coefficient (Wildman–Crippen LogP) is 2.70. The molecule has 0 unspecified atom stereocenters. The number of nitriles is 1. The van der Waals surface area contributed by atoms with E-state index in [-0.39, 0.29) is 0 Å². The van der Waals surface area contributed by atoms with Crippen molar-refractivity contribution in [3.8, 4) is 6.07 Å². The van der Waals surface area contributed by atoms with Gasteiger partial charge in [-0.2, -0.15) is 5.26 Å². The van der Waals surface area contributed by atoms with E-state index in [4.69, 9.17) is 11.0 Å². The van der Waals surface area contributed by atoms with Crippen molar-refractivity contribution in [3.63, 3.8) is 0 Å². The van der Waals surface area contributed by atoms with Gasteiger partial charge in [0.05, 0.1) is 18.2 Å². The van der Waals surface area contributed by atoms with Crippen molar-refractivity contribution in [2.45, 2.75) is 6.54 Å². The maximum absolute atomic E-state index is 8.80. The van der Waals surface area contributed by atoms with Crippen LogP contribution in [0.5, 0.6) is 0 Å². The van der Waals surface area contributed by atoms with E-state index in [1.807, 2.05) is 22.8 Å². The maximum atomic E-state index is 8.80. The minimum absolute atomic E-state index is 0.426. The number of hydrogen-bond acceptors (Lipinski definition) is 4. The van der Waals surface area contributed by atoms with Gasteiger partial charge in [-0.05, 0) is 39.7 Å². The molecule has 0 radical (unpaired) electrons. The molecule has 0 saturated carbocycles. The molecule has 0 aliphatic heterocycles. The maximum Gasteiger partial charge on any atom is 0.202 e. The molecule has 0 bridgehead atoms. The lowest BCUT2D eigenvalue weighted by Crippen LogP contribution is -2.05. The van der Waals surface area contributed by atoms with Crippen LogP contribution in [0.1, 0.15) is 11.1 Å². The number of benzene rings is 1. The number of halogens is 1. The molecule has 1 aromatic carbocycles. The molecule has 0 aliphatic rings. The minimum atomic E-state index is 0.426. The molecule has 0 aliphatic carbocycles. The molecule has 20 heavy (non-hydrogen) atoms. The lowest BCUT2D eigenvalue weighted by molar-refractivity contribution is 0.827. The third-order valence-electron chi connectivity index (χ3n) is 3.00. The molecule has 2 heterocycles. The third-order valence-corrected chi connectivity index (χ3v) is 3.44. The molecular weight excluding hydrogens is 318 g/mol. The van der Waals surface area contributed by atoms with Gasteiger partial charge in [-0.3, -0.25) is 4.57 Å². The number of nitrogens with two attached hydrogens (primary N) is 1. The number of hydrogen-bond donors (Lipinski definition) is 1. The Morgan fingerprint density at radius 1 is 1.30 bits per heavy atom. The van der Waals surface area contributed by atoms with E-state index >= 15 is 0 Å². The fourth-order valence-electron chi connectivity index (χ4n) is 2.03. The number of nitrogens with zero attached hydrogens (tertiary/aromatic N) is 4. The van der Waals surface area contributed by atoms with Gasteiger partial charge in [0.15, 0.2) is 5.65 Å². The molecular formula is C14H10BrN5. The van der Waals surface area contributed by atoms with Gasteiger partial charge in [0, 0.05) is 10.7 Å². The van der Waals surface area contributed by atoms with Crippen molar-refractivity contribution >= 4 is 33.0 Å². The number of imidazole rings is 1. The number of rotatable bonds is 2. The van der Waals surface area contributed by atoms with Crippen LogP contribution in [-0.2, 0) is 6.54 Å². The van der Waals surface area contributed by atoms with Crippen LogP contribution in [0.15, 0.2) is 41.0 Å². The van der Waals surface area contributed by atoms with E-state index in [1.165, 1.54) is 0 Å². The van der Waals surface area contributed by atoms with Crippen LogP contribution in [0.25, 0.3) is 11.2 Å². The van der Waals surface area contributed by atoms with Crippen LogP contribution in [0.4, 0.5) is 5.95 Å². The highest BCUT2D eigenvalue weighted by Crippen LogP contribution is 2.20. The van der Waals surface area contributed by atoms with Crippen LogP contribution in [0, 0.1) is 11.3 Å². The Bertz CT molecular complexity index is 814. The molecule has 3 rings (SSSR count). The molecule has 98 valence electrons. The fourth-order valence-corrected chi connectivity index (χ4v) is 2.35. The van der Waals surface area contributed by atoms with E-state index in [9.17, 15) is 0 Å². The zero-order chi connectivity index (χ0) is 14.1. The molecule has 0 saturated heterocycles. The zero-order valence-electron chi connectivity index (χ0n) is 10.4. The summed E-state index contributed by atoms with van der Waals surface area (Å²) in [7, 11) is 0. The second-order valence-electron chi connectivity index (χ2n) is 4.36. The van der Waals surface area contributed by atoms with Gasteiger partial charge in [-0.1, -0.05) is 12.1 Å². The fraction of sp³-hybridized carbons (Fsp3) is 0.0714. The number of fused-ring (bicyclic) bond motifs is 1. The molecule has 6 heteroatoms. The normalized spacial score (nSPS) is 10.6. The first kappa shape index (κ1) is 12.6. The van der Waals surface area contributed by atoms with Crippen LogP contribution in [0.3, 0.4) is 0 Å². The van der Waals surface area contributed by atoms with Gasteiger partial charge in [0.25, 0.3) is 0 Å². The quantitative estimate of drug-likeness (QED) is 0.784. The van der Waals surface area contributed by atoms with Gasteiger partial charge >= 0.3 is 0 Å². The van der Waals surface area contributed by atoms with Crippen molar-refractivity contribution in [3.05, 3.63) is 52.1 Å². The molecule has 5 nitrogen and oxygen atoms in total. The largest absolute Gasteiger partial charge is 0.369 e. The first-order valence-electron chi connectivity index (χ1n) is 5.93. The van der Waals surface area contributed by atoms with E-state index in [0.717, 1.165) is 21.2 Å². The van der Waals surface area contributed by atoms with E-state index < -0.39 is 0 Å². The summed E-state index contributed by atoms with van der Waals surface area (Å²) >= 11 is 3.37. The lowest BCUT2D eigenvalue weighted by atomic mass is 10.1. The van der Waals surface area contributed by atoms with Crippen molar-refractivity contribution in [2.24, 2.45) is 0 Å². The van der Waals surface area contributed by atoms with Crippen molar-refractivity contribution in [1.82, 2.24) is 14.5 Å². The molecule has 0 fully saturated rings. The standard InChI is InChI=1S/C14H10BrN5/c15-11-5-12-13(18-7-11)20(14(17)19-12)8-10-3-1-9(6-16)2-4-10/h1-5,7H,8H2,(H2,17,19). The van der Waals surface area contributed by atoms with Gasteiger partial charge < -0.3 is 5.73 Å². The summed E-state index contributed by atoms with van der Waals surface area (Å²) in [5.41, 5.74) is 9.13. The van der Waals surface area contributed by atoms with Crippen LogP contribution in [0.2, 0.25) is 0 Å². The van der Waals surface area contributed by atoms with Crippen molar-refractivity contribution in [2.75, 3.05) is 5.73 Å². The summed E-state index contributed by atoms with van der Waals surface area (Å²) in [6, 6.07) is 11.4. The van der Waals surface area contributed by atoms with E-state index in [1.54, 1.807) is 18.3 Å². The number of pyridine rings is 1. The van der Waals surface area contributed by atoms with Gasteiger partial charge in [0.2, 0.25) is 5.95 Å². The Balaban J connectivity index is 2.01. The minimum Gasteiger partial charge on any atom is -0.369 e. The van der Waals surface area contributed by atoms with E-state index in [2.05, 4.69) is 32.0 Å². The summed E-state index contributed by atoms with van der Waals surface area (Å²) in [6.07, 6.45) is 1.72. The average Bonchev–Trinajstić information content (AvgIpc) is 2.75. The first-order valence-corrected chi connectivity index (χ1v) is 6.73. The Morgan fingerprint density at radius 3 is 2.75 bits per heavy atom. The molecule has 3 aromatic rings. The molecule has 0 amide bonds. The predicted molar refractivity (Wildman–Crippen MR) is 79.9 cm³/mol. The molecule has 2 aromatic heterocycles. The van der Waals surface area contributed by atoms with Gasteiger partial charge in [-0.25, -0.2) is 9.97 Å². The lowest BCUT2D eigenvalue weighted by Gasteiger charge is -2.06. The van der Waals surface area contributed by atoms with Gasteiger partial charge in [-0.15, -0.1) is 0 Å². The Kier molecular flexibility index (Phi) is 3.12. The summed E-state index contributed by atoms with van der Waals surface area (Å²) in [6.45, 7) is 0.572. The summed E-state index contributed by atoms with van der Waals surface area (Å²) in [5.74, 6) is 0.426. The third kappa shape index (κ3) is 2.24. The van der Waals surface area contributed by atoms with E-state index in [0.29, 0.717) is 18.1 Å². The van der Waals surface area contributed by atoms with Crippen molar-refractivity contribution < 1.29 is 0 Å². The highest BCUT2D eigenvalue weighted by Gasteiger charge is 2.10. The highest BCUT2D eigenvalue weighted by atomic mass is 79.9. The Hall–Kier alpha value is -2.39. The summed E-state index contributed by atoms with van der Waals surface area (Å²) < 4.78 is 2.72. The first-order chi connectivity index (χ1) is 9.67. The molecule has 2 N–H and O–H groups in total. The SMILES string of the molecule is N#Cc1ccc(Cn2c(N)nc3cc(Br)cnc32)cc1. The topological polar surface area (TPSA) is 80.5 Å². The number of aromatic nitrogens is 3. The Morgan fingerprint density at radius 2 is 2.05 bits per heavy atom. The second kappa shape index (κ2) is 4.94. The smallest absolute Gasteiger partial charge is 0.202 e.